The maximum atomic E-state index is 11.7. The lowest BCUT2D eigenvalue weighted by Gasteiger charge is -2.27. The van der Waals surface area contributed by atoms with E-state index in [0.717, 1.165) is 29.7 Å². The van der Waals surface area contributed by atoms with Gasteiger partial charge in [0.25, 0.3) is 0 Å². The van der Waals surface area contributed by atoms with E-state index >= 15 is 0 Å². The second-order valence-corrected chi connectivity index (χ2v) is 5.03. The molecule has 3 nitrogen and oxygen atoms in total. The molecule has 1 saturated carbocycles. The maximum Gasteiger partial charge on any atom is 0.314 e. The largest absolute Gasteiger partial charge is 0.494 e. The molecule has 18 heavy (non-hydrogen) atoms. The van der Waals surface area contributed by atoms with Gasteiger partial charge in [-0.25, -0.2) is 0 Å². The zero-order chi connectivity index (χ0) is 13.2. The first-order valence-electron chi connectivity index (χ1n) is 6.57. The number of carbonyl (C=O) groups is 1. The number of aryl methyl sites for hydroxylation is 1. The minimum absolute atomic E-state index is 0.561. The summed E-state index contributed by atoms with van der Waals surface area (Å²) in [6, 6.07) is 5.85. The van der Waals surface area contributed by atoms with E-state index in [1.807, 2.05) is 32.0 Å². The molecular formula is C15H20O3. The van der Waals surface area contributed by atoms with Crippen molar-refractivity contribution in [1.82, 2.24) is 0 Å². The SMILES string of the molecule is CCOc1ccc(C)cc1C1(C(=O)O)CCCC1. The monoisotopic (exact) mass is 248 g/mol. The van der Waals surface area contributed by atoms with Crippen LogP contribution in [0.1, 0.15) is 43.7 Å². The molecule has 0 atom stereocenters. The average molecular weight is 248 g/mol. The third-order valence-corrected chi connectivity index (χ3v) is 3.82. The quantitative estimate of drug-likeness (QED) is 0.889. The molecule has 0 bridgehead atoms. The van der Waals surface area contributed by atoms with Crippen molar-refractivity contribution < 1.29 is 14.6 Å². The summed E-state index contributed by atoms with van der Waals surface area (Å²) < 4.78 is 5.62. The van der Waals surface area contributed by atoms with Gasteiger partial charge in [0.1, 0.15) is 5.75 Å². The number of carboxylic acid groups (broad SMARTS) is 1. The molecule has 2 rings (SSSR count). The Bertz CT molecular complexity index is 445. The van der Waals surface area contributed by atoms with E-state index in [-0.39, 0.29) is 0 Å². The summed E-state index contributed by atoms with van der Waals surface area (Å²) in [5.74, 6) is 0.0129. The Labute approximate surface area is 108 Å². The fourth-order valence-corrected chi connectivity index (χ4v) is 2.88. The summed E-state index contributed by atoms with van der Waals surface area (Å²) in [6.45, 7) is 4.47. The van der Waals surface area contributed by atoms with E-state index in [2.05, 4.69) is 0 Å². The van der Waals surface area contributed by atoms with Gasteiger partial charge < -0.3 is 9.84 Å². The van der Waals surface area contributed by atoms with Crippen LogP contribution in [0.25, 0.3) is 0 Å². The standard InChI is InChI=1S/C15H20O3/c1-3-18-13-7-6-11(2)10-12(13)15(14(16)17)8-4-5-9-15/h6-7,10H,3-5,8-9H2,1-2H3,(H,16,17). The molecule has 98 valence electrons. The molecule has 0 spiro atoms. The predicted molar refractivity (Wildman–Crippen MR) is 70.1 cm³/mol. The Morgan fingerprint density at radius 3 is 2.61 bits per heavy atom. The minimum Gasteiger partial charge on any atom is -0.494 e. The zero-order valence-corrected chi connectivity index (χ0v) is 11.0. The normalized spacial score (nSPS) is 17.7. The van der Waals surface area contributed by atoms with Gasteiger partial charge in [0.05, 0.1) is 12.0 Å². The van der Waals surface area contributed by atoms with Crippen molar-refractivity contribution >= 4 is 5.97 Å². The van der Waals surface area contributed by atoms with E-state index in [0.29, 0.717) is 19.4 Å². The molecule has 0 unspecified atom stereocenters. The van der Waals surface area contributed by atoms with E-state index in [9.17, 15) is 9.90 Å². The van der Waals surface area contributed by atoms with Crippen molar-refractivity contribution in [3.8, 4) is 5.75 Å². The van der Waals surface area contributed by atoms with Gasteiger partial charge in [-0.1, -0.05) is 30.5 Å². The van der Waals surface area contributed by atoms with Crippen LogP contribution in [0.2, 0.25) is 0 Å². The highest BCUT2D eigenvalue weighted by atomic mass is 16.5. The fourth-order valence-electron chi connectivity index (χ4n) is 2.88. The van der Waals surface area contributed by atoms with Crippen molar-refractivity contribution in [3.63, 3.8) is 0 Å². The number of benzene rings is 1. The summed E-state index contributed by atoms with van der Waals surface area (Å²) >= 11 is 0. The van der Waals surface area contributed by atoms with Crippen molar-refractivity contribution in [2.75, 3.05) is 6.61 Å². The maximum absolute atomic E-state index is 11.7. The Morgan fingerprint density at radius 1 is 1.39 bits per heavy atom. The molecule has 0 heterocycles. The van der Waals surface area contributed by atoms with Crippen molar-refractivity contribution in [2.45, 2.75) is 44.9 Å². The number of aliphatic carboxylic acids is 1. The topological polar surface area (TPSA) is 46.5 Å². The van der Waals surface area contributed by atoms with E-state index in [4.69, 9.17) is 4.74 Å². The Morgan fingerprint density at radius 2 is 2.06 bits per heavy atom. The first-order valence-corrected chi connectivity index (χ1v) is 6.57. The summed E-state index contributed by atoms with van der Waals surface area (Å²) in [5, 5.41) is 9.65. The molecule has 0 amide bonds. The van der Waals surface area contributed by atoms with E-state index in [1.54, 1.807) is 0 Å². The number of ether oxygens (including phenoxy) is 1. The van der Waals surface area contributed by atoms with Crippen LogP contribution in [0, 0.1) is 6.92 Å². The highest BCUT2D eigenvalue weighted by Crippen LogP contribution is 2.45. The second kappa shape index (κ2) is 5.01. The van der Waals surface area contributed by atoms with Crippen molar-refractivity contribution in [3.05, 3.63) is 29.3 Å². The third-order valence-electron chi connectivity index (χ3n) is 3.82. The Hall–Kier alpha value is -1.51. The van der Waals surface area contributed by atoms with Crippen LogP contribution in [0.5, 0.6) is 5.75 Å². The molecule has 0 saturated heterocycles. The highest BCUT2D eigenvalue weighted by Gasteiger charge is 2.44. The van der Waals surface area contributed by atoms with Gasteiger partial charge in [0.15, 0.2) is 0 Å². The van der Waals surface area contributed by atoms with Crippen LogP contribution in [0.4, 0.5) is 0 Å². The molecule has 3 heteroatoms. The van der Waals surface area contributed by atoms with Gasteiger partial charge in [0.2, 0.25) is 0 Å². The summed E-state index contributed by atoms with van der Waals surface area (Å²) in [5.41, 5.74) is 1.20. The predicted octanol–water partition coefficient (Wildman–Crippen LogP) is 3.29. The van der Waals surface area contributed by atoms with Crippen LogP contribution in [0.15, 0.2) is 18.2 Å². The fraction of sp³-hybridized carbons (Fsp3) is 0.533. The van der Waals surface area contributed by atoms with Gasteiger partial charge in [-0.2, -0.15) is 0 Å². The van der Waals surface area contributed by atoms with Crippen LogP contribution in [-0.4, -0.2) is 17.7 Å². The lowest BCUT2D eigenvalue weighted by atomic mass is 9.78. The molecule has 1 aromatic rings. The van der Waals surface area contributed by atoms with Gasteiger partial charge in [-0.05, 0) is 32.8 Å². The number of carboxylic acids is 1. The lowest BCUT2D eigenvalue weighted by molar-refractivity contribution is -0.143. The lowest BCUT2D eigenvalue weighted by Crippen LogP contribution is -2.33. The van der Waals surface area contributed by atoms with E-state index in [1.165, 1.54) is 0 Å². The molecule has 1 N–H and O–H groups in total. The van der Waals surface area contributed by atoms with Crippen LogP contribution >= 0.6 is 0 Å². The van der Waals surface area contributed by atoms with Gasteiger partial charge in [-0.3, -0.25) is 4.79 Å². The Balaban J connectivity index is 2.52. The summed E-state index contributed by atoms with van der Waals surface area (Å²) in [6.07, 6.45) is 3.38. The molecule has 0 aromatic heterocycles. The van der Waals surface area contributed by atoms with Gasteiger partial charge in [-0.15, -0.1) is 0 Å². The number of rotatable bonds is 4. The smallest absolute Gasteiger partial charge is 0.314 e. The molecule has 1 aromatic carbocycles. The molecular weight excluding hydrogens is 228 g/mol. The van der Waals surface area contributed by atoms with Crippen molar-refractivity contribution in [2.24, 2.45) is 0 Å². The van der Waals surface area contributed by atoms with Gasteiger partial charge >= 0.3 is 5.97 Å². The van der Waals surface area contributed by atoms with E-state index < -0.39 is 11.4 Å². The highest BCUT2D eigenvalue weighted by molar-refractivity contribution is 5.83. The summed E-state index contributed by atoms with van der Waals surface area (Å²) in [4.78, 5) is 11.7. The first-order chi connectivity index (χ1) is 8.60. The molecule has 1 fully saturated rings. The molecule has 1 aliphatic rings. The zero-order valence-electron chi connectivity index (χ0n) is 11.0. The molecule has 1 aliphatic carbocycles. The number of hydrogen-bond donors (Lipinski definition) is 1. The first kappa shape index (κ1) is 12.9. The third kappa shape index (κ3) is 2.09. The van der Waals surface area contributed by atoms with Crippen LogP contribution in [-0.2, 0) is 10.2 Å². The van der Waals surface area contributed by atoms with Crippen LogP contribution < -0.4 is 4.74 Å². The average Bonchev–Trinajstić information content (AvgIpc) is 2.82. The molecule has 0 aliphatic heterocycles. The van der Waals surface area contributed by atoms with Crippen LogP contribution in [0.3, 0.4) is 0 Å². The second-order valence-electron chi connectivity index (χ2n) is 5.03. The Kier molecular flexibility index (Phi) is 3.60. The molecule has 0 radical (unpaired) electrons. The minimum atomic E-state index is -0.740. The summed E-state index contributed by atoms with van der Waals surface area (Å²) in [7, 11) is 0. The van der Waals surface area contributed by atoms with Crippen molar-refractivity contribution in [1.29, 1.82) is 0 Å². The number of hydrogen-bond acceptors (Lipinski definition) is 2. The van der Waals surface area contributed by atoms with Gasteiger partial charge in [0, 0.05) is 5.56 Å².